The van der Waals surface area contributed by atoms with Crippen LogP contribution < -0.4 is 5.32 Å². The van der Waals surface area contributed by atoms with Crippen LogP contribution in [0.3, 0.4) is 0 Å². The molecule has 7 nitrogen and oxygen atoms in total. The quantitative estimate of drug-likeness (QED) is 0.303. The Morgan fingerprint density at radius 3 is 1.00 bits per heavy atom. The third kappa shape index (κ3) is 27.6. The number of ether oxygens (including phenoxy) is 5. The molecule has 1 aliphatic carbocycles. The van der Waals surface area contributed by atoms with E-state index in [1.54, 1.807) is 0 Å². The molecule has 2 rings (SSSR count). The summed E-state index contributed by atoms with van der Waals surface area (Å²) < 4.78 is 29.4. The fraction of sp³-hybridized carbons (Fsp3) is 1.00. The minimum absolute atomic E-state index is 0.640. The maximum absolute atomic E-state index is 6.15. The van der Waals surface area contributed by atoms with E-state index < -0.39 is 0 Å². The molecule has 1 N–H and O–H groups in total. The first kappa shape index (κ1) is 41.9. The van der Waals surface area contributed by atoms with Crippen LogP contribution in [0.5, 0.6) is 0 Å². The second-order valence-corrected chi connectivity index (χ2v) is 13.9. The van der Waals surface area contributed by atoms with Gasteiger partial charge in [-0.2, -0.15) is 0 Å². The highest BCUT2D eigenvalue weighted by Crippen LogP contribution is 2.20. The summed E-state index contributed by atoms with van der Waals surface area (Å²) in [6.07, 6.45) is 33.3. The van der Waals surface area contributed by atoms with Gasteiger partial charge in [0.2, 0.25) is 0 Å². The number of rotatable bonds is 1. The van der Waals surface area contributed by atoms with E-state index in [1.807, 2.05) is 0 Å². The maximum Gasteiger partial charge on any atom is 0.0701 e. The average molecular weight is 655 g/mol. The fourth-order valence-electron chi connectivity index (χ4n) is 6.86. The fourth-order valence-corrected chi connectivity index (χ4v) is 6.86. The first-order chi connectivity index (χ1) is 23.0. The van der Waals surface area contributed by atoms with Crippen LogP contribution in [-0.2, 0) is 23.7 Å². The standard InChI is InChI=1S/C39H78N2O5/c1-2-4-6-8-10-12-14-16-18-20-24-39(23-19-17-15-13-11-9-7-5-3-1)41-27-33-42-29-21-22-30-43-35-36-44-31-25-40-26-32-45-37-38-46-34-28-41/h39-40H,1-38H2. The SMILES string of the molecule is C1CCCCCCCCCCCC(N2CCOCCCCOCCOCCNCCOCCOCC2)CCCCCCCCCC1. The molecule has 2 aliphatic rings. The van der Waals surface area contributed by atoms with Gasteiger partial charge in [0.1, 0.15) is 0 Å². The van der Waals surface area contributed by atoms with Gasteiger partial charge < -0.3 is 29.0 Å². The highest BCUT2D eigenvalue weighted by Gasteiger charge is 2.18. The van der Waals surface area contributed by atoms with Crippen molar-refractivity contribution < 1.29 is 23.7 Å². The Hall–Kier alpha value is -0.280. The Kier molecular flexibility index (Phi) is 31.5. The number of nitrogens with zero attached hydrogens (tertiary/aromatic N) is 1. The highest BCUT2D eigenvalue weighted by atomic mass is 16.5. The van der Waals surface area contributed by atoms with Crippen LogP contribution in [-0.4, -0.2) is 103 Å². The van der Waals surface area contributed by atoms with Gasteiger partial charge in [0, 0.05) is 45.4 Å². The molecule has 0 radical (unpaired) electrons. The Morgan fingerprint density at radius 2 is 0.609 bits per heavy atom. The highest BCUT2D eigenvalue weighted by molar-refractivity contribution is 4.73. The van der Waals surface area contributed by atoms with E-state index in [0.29, 0.717) is 45.7 Å². The molecule has 0 spiro atoms. The first-order valence-electron chi connectivity index (χ1n) is 20.3. The Balaban J connectivity index is 1.84. The van der Waals surface area contributed by atoms with Crippen molar-refractivity contribution >= 4 is 0 Å². The molecule has 1 heterocycles. The third-order valence-electron chi connectivity index (χ3n) is 9.80. The monoisotopic (exact) mass is 655 g/mol. The molecule has 46 heavy (non-hydrogen) atoms. The predicted molar refractivity (Wildman–Crippen MR) is 193 cm³/mol. The van der Waals surface area contributed by atoms with Crippen LogP contribution >= 0.6 is 0 Å². The molecule has 0 aromatic rings. The molecule has 0 bridgehead atoms. The molecule has 7 heteroatoms. The van der Waals surface area contributed by atoms with E-state index in [1.165, 1.54) is 141 Å². The molecule has 0 unspecified atom stereocenters. The molecule has 1 saturated carbocycles. The summed E-state index contributed by atoms with van der Waals surface area (Å²) >= 11 is 0. The van der Waals surface area contributed by atoms with Crippen LogP contribution in [0.2, 0.25) is 0 Å². The molecule has 1 saturated heterocycles. The van der Waals surface area contributed by atoms with Gasteiger partial charge >= 0.3 is 0 Å². The molecule has 1 aliphatic heterocycles. The summed E-state index contributed by atoms with van der Waals surface area (Å²) in [4.78, 5) is 2.71. The van der Waals surface area contributed by atoms with E-state index in [0.717, 1.165) is 65.4 Å². The average Bonchev–Trinajstić information content (AvgIpc) is 3.06. The lowest BCUT2D eigenvalue weighted by atomic mass is 9.98. The molecule has 0 amide bonds. The van der Waals surface area contributed by atoms with E-state index in [-0.39, 0.29) is 0 Å². The van der Waals surface area contributed by atoms with Crippen LogP contribution in [0.1, 0.15) is 154 Å². The van der Waals surface area contributed by atoms with E-state index in [2.05, 4.69) is 10.2 Å². The third-order valence-corrected chi connectivity index (χ3v) is 9.80. The number of nitrogens with one attached hydrogen (secondary N) is 1. The minimum atomic E-state index is 0.640. The smallest absolute Gasteiger partial charge is 0.0701 e. The number of hydrogen-bond acceptors (Lipinski definition) is 7. The van der Waals surface area contributed by atoms with E-state index in [4.69, 9.17) is 23.7 Å². The molecule has 0 aromatic carbocycles. The van der Waals surface area contributed by atoms with Crippen molar-refractivity contribution in [3.05, 3.63) is 0 Å². The van der Waals surface area contributed by atoms with Crippen molar-refractivity contribution in [2.24, 2.45) is 0 Å². The van der Waals surface area contributed by atoms with Gasteiger partial charge in [-0.3, -0.25) is 4.90 Å². The van der Waals surface area contributed by atoms with Crippen molar-refractivity contribution in [2.45, 2.75) is 160 Å². The molecule has 2 fully saturated rings. The van der Waals surface area contributed by atoms with Crippen LogP contribution in [0.4, 0.5) is 0 Å². The van der Waals surface area contributed by atoms with Gasteiger partial charge in [0.05, 0.1) is 52.9 Å². The minimum Gasteiger partial charge on any atom is -0.380 e. The topological polar surface area (TPSA) is 61.4 Å². The van der Waals surface area contributed by atoms with Crippen molar-refractivity contribution in [1.82, 2.24) is 10.2 Å². The van der Waals surface area contributed by atoms with Crippen molar-refractivity contribution in [3.8, 4) is 0 Å². The van der Waals surface area contributed by atoms with Crippen molar-refractivity contribution in [2.75, 3.05) is 92.2 Å². The molecule has 0 aromatic heterocycles. The Morgan fingerprint density at radius 1 is 0.304 bits per heavy atom. The zero-order valence-corrected chi connectivity index (χ0v) is 30.4. The Labute approximate surface area is 285 Å². The van der Waals surface area contributed by atoms with Crippen molar-refractivity contribution in [1.29, 1.82) is 0 Å². The maximum atomic E-state index is 6.15. The summed E-state index contributed by atoms with van der Waals surface area (Å²) in [6.45, 7) is 10.9. The molecule has 0 atom stereocenters. The lowest BCUT2D eigenvalue weighted by Crippen LogP contribution is -2.40. The van der Waals surface area contributed by atoms with Crippen LogP contribution in [0, 0.1) is 0 Å². The summed E-state index contributed by atoms with van der Waals surface area (Å²) in [5, 5.41) is 3.37. The number of hydrogen-bond donors (Lipinski definition) is 1. The lowest BCUT2D eigenvalue weighted by Gasteiger charge is -2.32. The zero-order chi connectivity index (χ0) is 32.3. The zero-order valence-electron chi connectivity index (χ0n) is 30.4. The van der Waals surface area contributed by atoms with Crippen LogP contribution in [0.15, 0.2) is 0 Å². The summed E-state index contributed by atoms with van der Waals surface area (Å²) in [5.41, 5.74) is 0. The van der Waals surface area contributed by atoms with Gasteiger partial charge in [0.15, 0.2) is 0 Å². The largest absolute Gasteiger partial charge is 0.380 e. The van der Waals surface area contributed by atoms with Crippen molar-refractivity contribution in [3.63, 3.8) is 0 Å². The summed E-state index contributed by atoms with van der Waals surface area (Å²) in [7, 11) is 0. The normalized spacial score (nSPS) is 25.3. The summed E-state index contributed by atoms with van der Waals surface area (Å²) in [5.74, 6) is 0. The second kappa shape index (κ2) is 34.6. The van der Waals surface area contributed by atoms with Gasteiger partial charge in [0.25, 0.3) is 0 Å². The summed E-state index contributed by atoms with van der Waals surface area (Å²) in [6, 6.07) is 0.640. The first-order valence-corrected chi connectivity index (χ1v) is 20.3. The molecular weight excluding hydrogens is 576 g/mol. The predicted octanol–water partition coefficient (Wildman–Crippen LogP) is 8.72. The van der Waals surface area contributed by atoms with E-state index in [9.17, 15) is 0 Å². The van der Waals surface area contributed by atoms with Gasteiger partial charge in [-0.1, -0.05) is 128 Å². The van der Waals surface area contributed by atoms with E-state index >= 15 is 0 Å². The second-order valence-electron chi connectivity index (χ2n) is 13.9. The molecule has 274 valence electrons. The molecular formula is C39H78N2O5. The van der Waals surface area contributed by atoms with Gasteiger partial charge in [-0.25, -0.2) is 0 Å². The van der Waals surface area contributed by atoms with Gasteiger partial charge in [-0.15, -0.1) is 0 Å². The van der Waals surface area contributed by atoms with Gasteiger partial charge in [-0.05, 0) is 25.7 Å². The lowest BCUT2D eigenvalue weighted by molar-refractivity contribution is 0.0232. The van der Waals surface area contributed by atoms with Crippen LogP contribution in [0.25, 0.3) is 0 Å². The Bertz CT molecular complexity index is 501.